The monoisotopic (exact) mass is 314 g/mol. The Hall–Kier alpha value is -1.25. The molecular formula is C12H18N4O2S2. The number of rotatable bonds is 4. The van der Waals surface area contributed by atoms with Crippen molar-refractivity contribution in [1.82, 2.24) is 19.3 Å². The number of fused-ring (bicyclic) bond motifs is 1. The topological polar surface area (TPSA) is 79.8 Å². The Balaban J connectivity index is 2.47. The molecule has 0 aliphatic heterocycles. The lowest BCUT2D eigenvalue weighted by Crippen LogP contribution is -2.46. The van der Waals surface area contributed by atoms with Gasteiger partial charge >= 0.3 is 0 Å². The minimum atomic E-state index is -3.29. The van der Waals surface area contributed by atoms with Crippen LogP contribution in [0.3, 0.4) is 0 Å². The number of hydrogen-bond donors (Lipinski definition) is 2. The first kappa shape index (κ1) is 15.1. The fraction of sp³-hybridized carbons (Fsp3) is 0.500. The van der Waals surface area contributed by atoms with Gasteiger partial charge in [0.15, 0.2) is 10.4 Å². The highest BCUT2D eigenvalue weighted by atomic mass is 32.2. The minimum absolute atomic E-state index is 0.398. The Morgan fingerprint density at radius 1 is 1.50 bits per heavy atom. The molecular weight excluding hydrogens is 296 g/mol. The molecule has 2 aromatic heterocycles. The molecule has 0 spiro atoms. The molecule has 0 aromatic carbocycles. The quantitative estimate of drug-likeness (QED) is 0.842. The summed E-state index contributed by atoms with van der Waals surface area (Å²) in [6.07, 6.45) is 2.86. The second-order valence-electron chi connectivity index (χ2n) is 5.60. The average Bonchev–Trinajstić information content (AvgIpc) is 2.54. The number of nitrogens with one attached hydrogen (secondary N) is 2. The standard InChI is InChI=1S/C12H18N4O2S2/c1-8-5-6-13-10-9(8)14-11(19)16(10)7-12(2,3)15-20(4,17)18/h5-6,15H,7H2,1-4H3,(H,14,19). The highest BCUT2D eigenvalue weighted by molar-refractivity contribution is 7.88. The van der Waals surface area contributed by atoms with Crippen LogP contribution in [0.1, 0.15) is 19.4 Å². The highest BCUT2D eigenvalue weighted by Gasteiger charge is 2.24. The van der Waals surface area contributed by atoms with Gasteiger partial charge in [0.25, 0.3) is 0 Å². The van der Waals surface area contributed by atoms with Crippen LogP contribution in [0.2, 0.25) is 0 Å². The average molecular weight is 314 g/mol. The molecule has 0 bridgehead atoms. The maximum Gasteiger partial charge on any atom is 0.209 e. The van der Waals surface area contributed by atoms with Crippen molar-refractivity contribution in [2.45, 2.75) is 32.9 Å². The van der Waals surface area contributed by atoms with E-state index < -0.39 is 15.6 Å². The lowest BCUT2D eigenvalue weighted by molar-refractivity contribution is 0.393. The first-order valence-electron chi connectivity index (χ1n) is 6.12. The van der Waals surface area contributed by atoms with E-state index in [-0.39, 0.29) is 0 Å². The van der Waals surface area contributed by atoms with Crippen molar-refractivity contribution in [3.05, 3.63) is 22.6 Å². The summed E-state index contributed by atoms with van der Waals surface area (Å²) in [4.78, 5) is 7.45. The Kier molecular flexibility index (Phi) is 3.74. The van der Waals surface area contributed by atoms with Gasteiger partial charge in [-0.3, -0.25) is 4.57 Å². The molecule has 0 saturated heterocycles. The molecule has 6 nitrogen and oxygen atoms in total. The van der Waals surface area contributed by atoms with Crippen molar-refractivity contribution in [2.24, 2.45) is 0 Å². The molecule has 8 heteroatoms. The van der Waals surface area contributed by atoms with Crippen molar-refractivity contribution in [3.63, 3.8) is 0 Å². The van der Waals surface area contributed by atoms with Crippen molar-refractivity contribution in [2.75, 3.05) is 6.26 Å². The summed E-state index contributed by atoms with van der Waals surface area (Å²) < 4.78 is 27.8. The molecule has 0 saturated carbocycles. The van der Waals surface area contributed by atoms with E-state index in [1.165, 1.54) is 0 Å². The van der Waals surface area contributed by atoms with Gasteiger partial charge in [0.1, 0.15) is 0 Å². The SMILES string of the molecule is Cc1ccnc2c1[nH]c(=S)n2CC(C)(C)NS(C)(=O)=O. The van der Waals surface area contributed by atoms with Crippen LogP contribution in [0.5, 0.6) is 0 Å². The smallest absolute Gasteiger partial charge is 0.209 e. The molecule has 2 rings (SSSR count). The van der Waals surface area contributed by atoms with E-state index in [1.54, 1.807) is 6.20 Å². The van der Waals surface area contributed by atoms with E-state index in [0.29, 0.717) is 11.3 Å². The number of aromatic amines is 1. The van der Waals surface area contributed by atoms with Crippen LogP contribution in [0.4, 0.5) is 0 Å². The zero-order valence-corrected chi connectivity index (χ0v) is 13.5. The second-order valence-corrected chi connectivity index (χ2v) is 7.74. The third kappa shape index (κ3) is 3.25. The van der Waals surface area contributed by atoms with Crippen molar-refractivity contribution >= 4 is 33.4 Å². The summed E-state index contributed by atoms with van der Waals surface area (Å²) in [6.45, 7) is 5.99. The number of aryl methyl sites for hydroxylation is 1. The summed E-state index contributed by atoms with van der Waals surface area (Å²) >= 11 is 5.31. The molecule has 0 amide bonds. The highest BCUT2D eigenvalue weighted by Crippen LogP contribution is 2.18. The third-order valence-electron chi connectivity index (χ3n) is 2.89. The summed E-state index contributed by atoms with van der Waals surface area (Å²) in [5.74, 6) is 0. The molecule has 0 unspecified atom stereocenters. The number of imidazole rings is 1. The number of nitrogens with zero attached hydrogens (tertiary/aromatic N) is 2. The van der Waals surface area contributed by atoms with Crippen LogP contribution in [0, 0.1) is 11.7 Å². The van der Waals surface area contributed by atoms with Gasteiger partial charge < -0.3 is 4.98 Å². The minimum Gasteiger partial charge on any atom is -0.329 e. The number of H-pyrrole nitrogens is 1. The molecule has 0 aliphatic rings. The van der Waals surface area contributed by atoms with Gasteiger partial charge in [-0.2, -0.15) is 0 Å². The largest absolute Gasteiger partial charge is 0.329 e. The number of hydrogen-bond acceptors (Lipinski definition) is 4. The number of sulfonamides is 1. The second kappa shape index (κ2) is 4.94. The molecule has 0 radical (unpaired) electrons. The van der Waals surface area contributed by atoms with Crippen LogP contribution >= 0.6 is 12.2 Å². The first-order valence-corrected chi connectivity index (χ1v) is 8.42. The van der Waals surface area contributed by atoms with Gasteiger partial charge in [-0.25, -0.2) is 18.1 Å². The molecule has 0 fully saturated rings. The van der Waals surface area contributed by atoms with Gasteiger partial charge in [0.05, 0.1) is 11.8 Å². The third-order valence-corrected chi connectivity index (χ3v) is 4.13. The summed E-state index contributed by atoms with van der Waals surface area (Å²) in [5.41, 5.74) is 2.01. The lowest BCUT2D eigenvalue weighted by Gasteiger charge is -2.25. The van der Waals surface area contributed by atoms with Crippen LogP contribution in [-0.2, 0) is 16.6 Å². The van der Waals surface area contributed by atoms with E-state index in [1.807, 2.05) is 31.4 Å². The number of aromatic nitrogens is 3. The molecule has 2 aromatic rings. The Bertz CT molecular complexity index is 802. The van der Waals surface area contributed by atoms with E-state index in [9.17, 15) is 8.42 Å². The van der Waals surface area contributed by atoms with Crippen LogP contribution in [0.15, 0.2) is 12.3 Å². The van der Waals surface area contributed by atoms with Gasteiger partial charge in [0.2, 0.25) is 10.0 Å². The fourth-order valence-electron chi connectivity index (χ4n) is 2.25. The van der Waals surface area contributed by atoms with Crippen LogP contribution in [-0.4, -0.2) is 34.7 Å². The fourth-order valence-corrected chi connectivity index (χ4v) is 3.57. The van der Waals surface area contributed by atoms with E-state index in [0.717, 1.165) is 23.0 Å². The van der Waals surface area contributed by atoms with Crippen LogP contribution < -0.4 is 4.72 Å². The van der Waals surface area contributed by atoms with Gasteiger partial charge in [0, 0.05) is 18.3 Å². The molecule has 20 heavy (non-hydrogen) atoms. The summed E-state index contributed by atoms with van der Waals surface area (Å²) in [6, 6.07) is 1.90. The first-order chi connectivity index (χ1) is 9.09. The van der Waals surface area contributed by atoms with E-state index >= 15 is 0 Å². The normalized spacial score (nSPS) is 13.0. The zero-order valence-electron chi connectivity index (χ0n) is 11.9. The molecule has 2 heterocycles. The Morgan fingerprint density at radius 2 is 2.15 bits per heavy atom. The van der Waals surface area contributed by atoms with Gasteiger partial charge in [-0.05, 0) is 44.6 Å². The van der Waals surface area contributed by atoms with Crippen molar-refractivity contribution in [3.8, 4) is 0 Å². The lowest BCUT2D eigenvalue weighted by atomic mass is 10.1. The Morgan fingerprint density at radius 3 is 2.75 bits per heavy atom. The maximum absolute atomic E-state index is 11.4. The maximum atomic E-state index is 11.4. The number of pyridine rings is 1. The Labute approximate surface area is 123 Å². The predicted molar refractivity (Wildman–Crippen MR) is 81.7 cm³/mol. The summed E-state index contributed by atoms with van der Waals surface area (Å²) in [7, 11) is -3.29. The van der Waals surface area contributed by atoms with Crippen LogP contribution in [0.25, 0.3) is 11.2 Å². The van der Waals surface area contributed by atoms with E-state index in [2.05, 4.69) is 14.7 Å². The molecule has 2 N–H and O–H groups in total. The zero-order chi connectivity index (χ0) is 15.1. The van der Waals surface area contributed by atoms with Crippen molar-refractivity contribution < 1.29 is 8.42 Å². The molecule has 110 valence electrons. The van der Waals surface area contributed by atoms with Crippen molar-refractivity contribution in [1.29, 1.82) is 0 Å². The molecule has 0 atom stereocenters. The predicted octanol–water partition coefficient (Wildman–Crippen LogP) is 1.73. The van der Waals surface area contributed by atoms with E-state index in [4.69, 9.17) is 12.2 Å². The van der Waals surface area contributed by atoms with Gasteiger partial charge in [-0.1, -0.05) is 0 Å². The van der Waals surface area contributed by atoms with Gasteiger partial charge in [-0.15, -0.1) is 0 Å². The molecule has 0 aliphatic carbocycles. The summed E-state index contributed by atoms with van der Waals surface area (Å²) in [5, 5.41) is 0.